The molecule has 0 aliphatic carbocycles. The average molecular weight is 707 g/mol. The van der Waals surface area contributed by atoms with Gasteiger partial charge in [0, 0.05) is 5.02 Å². The minimum Gasteiger partial charge on any atom is -0.487 e. The van der Waals surface area contributed by atoms with E-state index in [1.54, 1.807) is 18.2 Å². The zero-order valence-corrected chi connectivity index (χ0v) is 24.8. The first-order chi connectivity index (χ1) is 18.5. The molecule has 1 aromatic heterocycles. The van der Waals surface area contributed by atoms with Crippen LogP contribution in [-0.4, -0.2) is 29.9 Å². The molecule has 1 atom stereocenters. The van der Waals surface area contributed by atoms with E-state index in [1.807, 2.05) is 0 Å². The molecule has 0 saturated carbocycles. The van der Waals surface area contributed by atoms with Gasteiger partial charge in [0.2, 0.25) is 0 Å². The van der Waals surface area contributed by atoms with Crippen LogP contribution >= 0.6 is 54.8 Å². The highest BCUT2D eigenvalue weighted by Crippen LogP contribution is 2.39. The molecule has 4 rings (SSSR count). The van der Waals surface area contributed by atoms with Crippen molar-refractivity contribution in [1.29, 1.82) is 0 Å². The van der Waals surface area contributed by atoms with Crippen molar-refractivity contribution in [1.82, 2.24) is 4.57 Å². The predicted molar refractivity (Wildman–Crippen MR) is 150 cm³/mol. The molecule has 2 heterocycles. The first-order valence-electron chi connectivity index (χ1n) is 11.2. The molecule has 0 N–H and O–H groups in total. The maximum Gasteiger partial charge on any atom is 0.434 e. The molecule has 0 radical (unpaired) electrons. The normalized spacial score (nSPS) is 15.6. The standard InChI is InChI=1S/C26H18Br2ClF3N2O4S/c1-3-9-38-21-16(27)10-13(11-17(21)28)12-18-23(35)34-20(14-5-7-15(29)8-6-14)19(24(36)37-4-2)22(26(30,31)32)33-25(34)39-18/h3,5-8,10-12,20H,1,4,9H2,2H3/b18-12-/t20-/m0/s1. The summed E-state index contributed by atoms with van der Waals surface area (Å²) in [7, 11) is 0. The topological polar surface area (TPSA) is 69.9 Å². The Morgan fingerprint density at radius 3 is 2.44 bits per heavy atom. The van der Waals surface area contributed by atoms with E-state index in [4.69, 9.17) is 21.1 Å². The van der Waals surface area contributed by atoms with Crippen molar-refractivity contribution in [3.8, 4) is 5.75 Å². The second-order valence-electron chi connectivity index (χ2n) is 8.03. The van der Waals surface area contributed by atoms with E-state index in [9.17, 15) is 22.8 Å². The quantitative estimate of drug-likeness (QED) is 0.221. The summed E-state index contributed by atoms with van der Waals surface area (Å²) in [6, 6.07) is 7.80. The number of ether oxygens (including phenoxy) is 2. The van der Waals surface area contributed by atoms with Gasteiger partial charge < -0.3 is 9.47 Å². The Morgan fingerprint density at radius 2 is 1.87 bits per heavy atom. The van der Waals surface area contributed by atoms with Crippen molar-refractivity contribution in [2.45, 2.75) is 19.1 Å². The number of aromatic nitrogens is 1. The lowest BCUT2D eigenvalue weighted by Crippen LogP contribution is -2.41. The van der Waals surface area contributed by atoms with E-state index in [-0.39, 0.29) is 28.1 Å². The van der Waals surface area contributed by atoms with Crippen molar-refractivity contribution in [3.05, 3.63) is 105 Å². The summed E-state index contributed by atoms with van der Waals surface area (Å²) < 4.78 is 55.6. The molecule has 13 heteroatoms. The number of alkyl halides is 3. The number of fused-ring (bicyclic) bond motifs is 1. The van der Waals surface area contributed by atoms with Gasteiger partial charge in [-0.15, -0.1) is 0 Å². The van der Waals surface area contributed by atoms with Crippen LogP contribution in [0.25, 0.3) is 6.08 Å². The molecule has 1 aliphatic heterocycles. The number of esters is 1. The number of halogens is 6. The molecule has 204 valence electrons. The minimum absolute atomic E-state index is 0.109. The first-order valence-corrected chi connectivity index (χ1v) is 14.0. The third-order valence-corrected chi connectivity index (χ3v) is 7.86. The van der Waals surface area contributed by atoms with Crippen LogP contribution < -0.4 is 19.6 Å². The van der Waals surface area contributed by atoms with Crippen LogP contribution in [0.1, 0.15) is 24.1 Å². The van der Waals surface area contributed by atoms with Crippen molar-refractivity contribution in [2.24, 2.45) is 4.99 Å². The Kier molecular flexibility index (Phi) is 8.89. The lowest BCUT2D eigenvalue weighted by atomic mass is 9.95. The first kappa shape index (κ1) is 29.3. The molecule has 39 heavy (non-hydrogen) atoms. The van der Waals surface area contributed by atoms with Gasteiger partial charge in [0.25, 0.3) is 5.56 Å². The molecule has 0 fully saturated rings. The maximum absolute atomic E-state index is 14.2. The van der Waals surface area contributed by atoms with Crippen LogP contribution in [0.5, 0.6) is 5.75 Å². The highest BCUT2D eigenvalue weighted by Gasteiger charge is 2.45. The molecular weight excluding hydrogens is 689 g/mol. The fourth-order valence-electron chi connectivity index (χ4n) is 3.90. The zero-order valence-electron chi connectivity index (χ0n) is 20.0. The van der Waals surface area contributed by atoms with Crippen LogP contribution in [0.4, 0.5) is 13.2 Å². The van der Waals surface area contributed by atoms with E-state index in [1.165, 1.54) is 37.3 Å². The van der Waals surface area contributed by atoms with E-state index < -0.39 is 35.0 Å². The molecule has 1 aliphatic rings. The van der Waals surface area contributed by atoms with Gasteiger partial charge in [-0.2, -0.15) is 13.2 Å². The zero-order chi connectivity index (χ0) is 28.5. The van der Waals surface area contributed by atoms with Gasteiger partial charge in [0.05, 0.1) is 31.7 Å². The fourth-order valence-corrected chi connectivity index (χ4v) is 6.47. The lowest BCUT2D eigenvalue weighted by molar-refractivity contribution is -0.140. The van der Waals surface area contributed by atoms with Crippen LogP contribution in [0.15, 0.2) is 79.1 Å². The SMILES string of the molecule is C=CCOc1c(Br)cc(/C=c2\sc3n(c2=O)[C@@H](c2ccc(Cl)cc2)C(C(=O)OCC)=C(C(F)(F)F)N=3)cc1Br. The molecule has 0 unspecified atom stereocenters. The van der Waals surface area contributed by atoms with E-state index in [2.05, 4.69) is 43.4 Å². The summed E-state index contributed by atoms with van der Waals surface area (Å²) in [6.07, 6.45) is -1.87. The molecule has 6 nitrogen and oxygen atoms in total. The second-order valence-corrected chi connectivity index (χ2v) is 11.2. The molecule has 2 aromatic carbocycles. The summed E-state index contributed by atoms with van der Waals surface area (Å²) in [4.78, 5) is 30.1. The van der Waals surface area contributed by atoms with Crippen LogP contribution in [-0.2, 0) is 9.53 Å². The minimum atomic E-state index is -4.99. The van der Waals surface area contributed by atoms with Crippen molar-refractivity contribution in [2.75, 3.05) is 13.2 Å². The van der Waals surface area contributed by atoms with Gasteiger partial charge in [0.1, 0.15) is 12.4 Å². The average Bonchev–Trinajstić information content (AvgIpc) is 3.17. The number of hydrogen-bond acceptors (Lipinski definition) is 6. The maximum atomic E-state index is 14.2. The Bertz CT molecular complexity index is 1640. The highest BCUT2D eigenvalue weighted by molar-refractivity contribution is 9.11. The summed E-state index contributed by atoms with van der Waals surface area (Å²) in [6.45, 7) is 5.19. The van der Waals surface area contributed by atoms with E-state index in [0.717, 1.165) is 15.9 Å². The summed E-state index contributed by atoms with van der Waals surface area (Å²) in [5, 5.41) is 0.334. The summed E-state index contributed by atoms with van der Waals surface area (Å²) in [5.41, 5.74) is -2.02. The number of thiazole rings is 1. The number of benzene rings is 2. The fraction of sp³-hybridized carbons (Fsp3) is 0.192. The predicted octanol–water partition coefficient (Wildman–Crippen LogP) is 6.08. The Balaban J connectivity index is 1.98. The monoisotopic (exact) mass is 704 g/mol. The largest absolute Gasteiger partial charge is 0.487 e. The smallest absolute Gasteiger partial charge is 0.434 e. The van der Waals surface area contributed by atoms with Gasteiger partial charge in [-0.25, -0.2) is 9.79 Å². The van der Waals surface area contributed by atoms with Crippen molar-refractivity contribution in [3.63, 3.8) is 0 Å². The molecule has 0 saturated heterocycles. The highest BCUT2D eigenvalue weighted by atomic mass is 79.9. The number of carbonyl (C=O) groups is 1. The van der Waals surface area contributed by atoms with Crippen LogP contribution in [0, 0.1) is 0 Å². The molecule has 3 aromatic rings. The van der Waals surface area contributed by atoms with E-state index in [0.29, 0.717) is 25.3 Å². The molecular formula is C26H18Br2ClF3N2O4S. The number of hydrogen-bond donors (Lipinski definition) is 0. The van der Waals surface area contributed by atoms with Crippen LogP contribution in [0.3, 0.4) is 0 Å². The number of carbonyl (C=O) groups excluding carboxylic acids is 1. The Hall–Kier alpha value is -2.67. The number of nitrogens with zero attached hydrogens (tertiary/aromatic N) is 2. The Labute approximate surface area is 246 Å². The number of rotatable bonds is 7. The van der Waals surface area contributed by atoms with Crippen molar-refractivity contribution < 1.29 is 27.4 Å². The van der Waals surface area contributed by atoms with Gasteiger partial charge >= 0.3 is 12.1 Å². The lowest BCUT2D eigenvalue weighted by Gasteiger charge is -2.26. The van der Waals surface area contributed by atoms with Gasteiger partial charge in [-0.05, 0) is 80.3 Å². The third kappa shape index (κ3) is 6.08. The summed E-state index contributed by atoms with van der Waals surface area (Å²) >= 11 is 13.6. The van der Waals surface area contributed by atoms with Crippen molar-refractivity contribution >= 4 is 66.8 Å². The van der Waals surface area contributed by atoms with Crippen LogP contribution in [0.2, 0.25) is 5.02 Å². The number of allylic oxidation sites excluding steroid dienone is 1. The molecule has 0 spiro atoms. The van der Waals surface area contributed by atoms with Gasteiger partial charge in [-0.1, -0.05) is 47.7 Å². The molecule has 0 bridgehead atoms. The van der Waals surface area contributed by atoms with Gasteiger partial charge in [-0.3, -0.25) is 9.36 Å². The van der Waals surface area contributed by atoms with Gasteiger partial charge in [0.15, 0.2) is 10.5 Å². The van der Waals surface area contributed by atoms with E-state index >= 15 is 0 Å². The second kappa shape index (κ2) is 11.8. The molecule has 0 amide bonds. The Morgan fingerprint density at radius 1 is 1.23 bits per heavy atom. The summed E-state index contributed by atoms with van der Waals surface area (Å²) in [5.74, 6) is -0.698. The third-order valence-electron chi connectivity index (χ3n) is 5.44.